The van der Waals surface area contributed by atoms with Crippen molar-refractivity contribution < 1.29 is 14.2 Å². The normalized spacial score (nSPS) is 25.2. The van der Waals surface area contributed by atoms with Crippen LogP contribution in [0.5, 0.6) is 0 Å². The van der Waals surface area contributed by atoms with Crippen molar-refractivity contribution in [2.24, 2.45) is 0 Å². The second-order valence-corrected chi connectivity index (χ2v) is 3.06. The Morgan fingerprint density at radius 3 is 3.08 bits per heavy atom. The fraction of sp³-hybridized carbons (Fsp3) is 1.00. The molecule has 0 N–H and O–H groups in total. The van der Waals surface area contributed by atoms with E-state index in [1.54, 1.807) is 7.11 Å². The van der Waals surface area contributed by atoms with Crippen LogP contribution in [0.25, 0.3) is 0 Å². The Balaban J connectivity index is 2.04. The average molecular weight is 174 g/mol. The minimum atomic E-state index is 0.294. The smallest absolute Gasteiger partial charge is 0.0809 e. The lowest BCUT2D eigenvalue weighted by molar-refractivity contribution is -0.0252. The molecule has 0 radical (unpaired) electrons. The zero-order chi connectivity index (χ0) is 8.65. The Morgan fingerprint density at radius 2 is 2.25 bits per heavy atom. The molecule has 0 unspecified atom stereocenters. The van der Waals surface area contributed by atoms with Crippen molar-refractivity contribution in [3.8, 4) is 0 Å². The van der Waals surface area contributed by atoms with Crippen LogP contribution in [0.4, 0.5) is 0 Å². The number of rotatable bonds is 4. The summed E-state index contributed by atoms with van der Waals surface area (Å²) in [5, 5.41) is 0. The van der Waals surface area contributed by atoms with Crippen LogP contribution in [0.3, 0.4) is 0 Å². The summed E-state index contributed by atoms with van der Waals surface area (Å²) in [7, 11) is 1.69. The first kappa shape index (κ1) is 9.96. The number of hydrogen-bond acceptors (Lipinski definition) is 3. The van der Waals surface area contributed by atoms with Gasteiger partial charge in [-0.3, -0.25) is 0 Å². The molecule has 1 saturated heterocycles. The van der Waals surface area contributed by atoms with Crippen molar-refractivity contribution in [3.63, 3.8) is 0 Å². The molecule has 0 aromatic heterocycles. The van der Waals surface area contributed by atoms with Crippen molar-refractivity contribution in [3.05, 3.63) is 0 Å². The summed E-state index contributed by atoms with van der Waals surface area (Å²) in [5.41, 5.74) is 0. The van der Waals surface area contributed by atoms with Crippen molar-refractivity contribution in [2.75, 3.05) is 33.5 Å². The number of ether oxygens (including phenoxy) is 3. The topological polar surface area (TPSA) is 27.7 Å². The first-order chi connectivity index (χ1) is 5.93. The Morgan fingerprint density at radius 1 is 1.33 bits per heavy atom. The van der Waals surface area contributed by atoms with E-state index in [1.807, 2.05) is 0 Å². The summed E-state index contributed by atoms with van der Waals surface area (Å²) in [6.07, 6.45) is 3.81. The summed E-state index contributed by atoms with van der Waals surface area (Å²) in [5.74, 6) is 0. The first-order valence-corrected chi connectivity index (χ1v) is 4.62. The highest BCUT2D eigenvalue weighted by Gasteiger charge is 2.11. The largest absolute Gasteiger partial charge is 0.382 e. The molecular weight excluding hydrogens is 156 g/mol. The van der Waals surface area contributed by atoms with E-state index >= 15 is 0 Å². The molecule has 1 aliphatic heterocycles. The van der Waals surface area contributed by atoms with Gasteiger partial charge in [-0.05, 0) is 19.3 Å². The van der Waals surface area contributed by atoms with Gasteiger partial charge in [0, 0.05) is 13.7 Å². The van der Waals surface area contributed by atoms with Gasteiger partial charge < -0.3 is 14.2 Å². The molecule has 0 aliphatic carbocycles. The summed E-state index contributed by atoms with van der Waals surface area (Å²) < 4.78 is 15.8. The van der Waals surface area contributed by atoms with Crippen LogP contribution in [0.15, 0.2) is 0 Å². The molecule has 0 amide bonds. The molecule has 1 atom stereocenters. The first-order valence-electron chi connectivity index (χ1n) is 4.62. The second-order valence-electron chi connectivity index (χ2n) is 3.06. The standard InChI is InChI=1S/C9H18O3/c1-10-6-7-12-9-4-2-3-5-11-8-9/h9H,2-8H2,1H3/t9-/m1/s1. The molecule has 0 spiro atoms. The maximum Gasteiger partial charge on any atom is 0.0809 e. The summed E-state index contributed by atoms with van der Waals surface area (Å²) in [4.78, 5) is 0. The second kappa shape index (κ2) is 6.40. The fourth-order valence-corrected chi connectivity index (χ4v) is 1.30. The maximum atomic E-state index is 5.55. The SMILES string of the molecule is COCCO[C@@H]1CCCCOC1. The monoisotopic (exact) mass is 174 g/mol. The van der Waals surface area contributed by atoms with E-state index < -0.39 is 0 Å². The molecule has 1 rings (SSSR count). The van der Waals surface area contributed by atoms with E-state index in [0.29, 0.717) is 19.3 Å². The van der Waals surface area contributed by atoms with Crippen molar-refractivity contribution >= 4 is 0 Å². The van der Waals surface area contributed by atoms with Crippen LogP contribution in [0.1, 0.15) is 19.3 Å². The Bertz CT molecular complexity index is 97.9. The van der Waals surface area contributed by atoms with Gasteiger partial charge in [0.25, 0.3) is 0 Å². The summed E-state index contributed by atoms with van der Waals surface area (Å²) in [6.45, 7) is 3.01. The van der Waals surface area contributed by atoms with Crippen LogP contribution >= 0.6 is 0 Å². The van der Waals surface area contributed by atoms with E-state index in [1.165, 1.54) is 12.8 Å². The molecule has 0 aromatic rings. The van der Waals surface area contributed by atoms with E-state index in [4.69, 9.17) is 14.2 Å². The molecule has 0 bridgehead atoms. The highest BCUT2D eigenvalue weighted by Crippen LogP contribution is 2.10. The third kappa shape index (κ3) is 4.04. The van der Waals surface area contributed by atoms with Gasteiger partial charge in [-0.15, -0.1) is 0 Å². The Kier molecular flexibility index (Phi) is 5.32. The van der Waals surface area contributed by atoms with Crippen molar-refractivity contribution in [2.45, 2.75) is 25.4 Å². The van der Waals surface area contributed by atoms with Crippen LogP contribution in [-0.4, -0.2) is 39.6 Å². The van der Waals surface area contributed by atoms with Gasteiger partial charge in [-0.1, -0.05) is 0 Å². The molecule has 72 valence electrons. The highest BCUT2D eigenvalue weighted by atomic mass is 16.5. The predicted octanol–water partition coefficient (Wildman–Crippen LogP) is 1.22. The zero-order valence-electron chi connectivity index (χ0n) is 7.75. The Hall–Kier alpha value is -0.120. The van der Waals surface area contributed by atoms with Gasteiger partial charge in [0.1, 0.15) is 0 Å². The van der Waals surface area contributed by atoms with Gasteiger partial charge in [0.2, 0.25) is 0 Å². The van der Waals surface area contributed by atoms with Gasteiger partial charge in [0.15, 0.2) is 0 Å². The van der Waals surface area contributed by atoms with Crippen LogP contribution in [0, 0.1) is 0 Å². The van der Waals surface area contributed by atoms with Crippen molar-refractivity contribution in [1.82, 2.24) is 0 Å². The highest BCUT2D eigenvalue weighted by molar-refractivity contribution is 4.60. The average Bonchev–Trinajstić information content (AvgIpc) is 2.33. The third-order valence-electron chi connectivity index (χ3n) is 2.01. The zero-order valence-corrected chi connectivity index (χ0v) is 7.75. The van der Waals surface area contributed by atoms with Crippen LogP contribution in [-0.2, 0) is 14.2 Å². The molecule has 12 heavy (non-hydrogen) atoms. The van der Waals surface area contributed by atoms with E-state index in [-0.39, 0.29) is 0 Å². The van der Waals surface area contributed by atoms with Gasteiger partial charge in [0.05, 0.1) is 25.9 Å². The van der Waals surface area contributed by atoms with E-state index in [2.05, 4.69) is 0 Å². The molecule has 0 aromatic carbocycles. The van der Waals surface area contributed by atoms with Gasteiger partial charge in [-0.2, -0.15) is 0 Å². The van der Waals surface area contributed by atoms with Gasteiger partial charge >= 0.3 is 0 Å². The molecule has 1 fully saturated rings. The minimum absolute atomic E-state index is 0.294. The molecule has 1 heterocycles. The lowest BCUT2D eigenvalue weighted by atomic mass is 10.2. The lowest BCUT2D eigenvalue weighted by Crippen LogP contribution is -2.20. The minimum Gasteiger partial charge on any atom is -0.382 e. The third-order valence-corrected chi connectivity index (χ3v) is 2.01. The molecular formula is C9H18O3. The van der Waals surface area contributed by atoms with E-state index in [0.717, 1.165) is 19.6 Å². The summed E-state index contributed by atoms with van der Waals surface area (Å²) >= 11 is 0. The molecule has 3 nitrogen and oxygen atoms in total. The van der Waals surface area contributed by atoms with Crippen LogP contribution < -0.4 is 0 Å². The maximum absolute atomic E-state index is 5.55. The molecule has 3 heteroatoms. The number of methoxy groups -OCH3 is 1. The summed E-state index contributed by atoms with van der Waals surface area (Å²) in [6, 6.07) is 0. The molecule has 0 saturated carbocycles. The van der Waals surface area contributed by atoms with E-state index in [9.17, 15) is 0 Å². The molecule has 1 aliphatic rings. The van der Waals surface area contributed by atoms with Crippen molar-refractivity contribution in [1.29, 1.82) is 0 Å². The Labute approximate surface area is 74.0 Å². The lowest BCUT2D eigenvalue weighted by Gasteiger charge is -2.14. The van der Waals surface area contributed by atoms with Crippen LogP contribution in [0.2, 0.25) is 0 Å². The number of hydrogen-bond donors (Lipinski definition) is 0. The fourth-order valence-electron chi connectivity index (χ4n) is 1.30. The predicted molar refractivity (Wildman–Crippen MR) is 46.3 cm³/mol. The van der Waals surface area contributed by atoms with Gasteiger partial charge in [-0.25, -0.2) is 0 Å². The quantitative estimate of drug-likeness (QED) is 0.600.